The number of carbonyl (C=O) groups excluding carboxylic acids is 2. The third kappa shape index (κ3) is 4.32. The normalized spacial score (nSPS) is 20.7. The number of halogens is 1. The standard InChI is InChI=1S/C22H24FN3O2/c23-16-5-3-15(4-6-16)14-24-21(27)19-13-20(19)22(28)25-17-7-9-18(10-8-17)26-11-1-2-12-26/h3-10,19-20H,1-2,11-14H2,(H,24,27)(H,25,28). The van der Waals surface area contributed by atoms with Gasteiger partial charge in [-0.05, 0) is 61.2 Å². The fourth-order valence-electron chi connectivity index (χ4n) is 3.66. The summed E-state index contributed by atoms with van der Waals surface area (Å²) >= 11 is 0. The fourth-order valence-corrected chi connectivity index (χ4v) is 3.66. The van der Waals surface area contributed by atoms with Crippen molar-refractivity contribution in [1.82, 2.24) is 5.32 Å². The number of anilines is 2. The van der Waals surface area contributed by atoms with Gasteiger partial charge in [-0.2, -0.15) is 0 Å². The van der Waals surface area contributed by atoms with Crippen LogP contribution in [0.3, 0.4) is 0 Å². The smallest absolute Gasteiger partial charge is 0.228 e. The van der Waals surface area contributed by atoms with Crippen molar-refractivity contribution in [2.24, 2.45) is 11.8 Å². The van der Waals surface area contributed by atoms with Gasteiger partial charge in [0.15, 0.2) is 0 Å². The molecule has 1 saturated heterocycles. The van der Waals surface area contributed by atoms with Gasteiger partial charge in [0.1, 0.15) is 5.82 Å². The zero-order valence-corrected chi connectivity index (χ0v) is 15.7. The van der Waals surface area contributed by atoms with Crippen LogP contribution in [0.15, 0.2) is 48.5 Å². The maximum atomic E-state index is 12.9. The molecule has 1 aliphatic heterocycles. The van der Waals surface area contributed by atoms with E-state index < -0.39 is 0 Å². The summed E-state index contributed by atoms with van der Waals surface area (Å²) in [5, 5.41) is 5.73. The van der Waals surface area contributed by atoms with Gasteiger partial charge < -0.3 is 15.5 Å². The Kier molecular flexibility index (Phi) is 5.28. The number of nitrogens with zero attached hydrogens (tertiary/aromatic N) is 1. The molecule has 146 valence electrons. The third-order valence-corrected chi connectivity index (χ3v) is 5.45. The van der Waals surface area contributed by atoms with Crippen LogP contribution >= 0.6 is 0 Å². The van der Waals surface area contributed by atoms with Crippen LogP contribution in [0.25, 0.3) is 0 Å². The SMILES string of the molecule is O=C(NCc1ccc(F)cc1)C1CC1C(=O)Nc1ccc(N2CCCC2)cc1. The first kappa shape index (κ1) is 18.5. The maximum absolute atomic E-state index is 12.9. The summed E-state index contributed by atoms with van der Waals surface area (Å²) < 4.78 is 12.9. The molecule has 2 atom stereocenters. The van der Waals surface area contributed by atoms with Crippen molar-refractivity contribution in [1.29, 1.82) is 0 Å². The Morgan fingerprint density at radius 2 is 1.57 bits per heavy atom. The van der Waals surface area contributed by atoms with Gasteiger partial charge in [0.05, 0.1) is 11.8 Å². The molecule has 1 aliphatic carbocycles. The number of carbonyl (C=O) groups is 2. The van der Waals surface area contributed by atoms with Crippen LogP contribution in [0.5, 0.6) is 0 Å². The van der Waals surface area contributed by atoms with E-state index in [0.29, 0.717) is 13.0 Å². The van der Waals surface area contributed by atoms with E-state index in [2.05, 4.69) is 15.5 Å². The van der Waals surface area contributed by atoms with Gasteiger partial charge in [0.25, 0.3) is 0 Å². The van der Waals surface area contributed by atoms with Crippen molar-refractivity contribution in [2.75, 3.05) is 23.3 Å². The second kappa shape index (κ2) is 8.00. The molecule has 0 bridgehead atoms. The summed E-state index contributed by atoms with van der Waals surface area (Å²) in [5.41, 5.74) is 2.76. The van der Waals surface area contributed by atoms with Crippen LogP contribution in [0.4, 0.5) is 15.8 Å². The van der Waals surface area contributed by atoms with Crippen molar-refractivity contribution < 1.29 is 14.0 Å². The van der Waals surface area contributed by atoms with E-state index in [-0.39, 0.29) is 29.5 Å². The van der Waals surface area contributed by atoms with Gasteiger partial charge in [0, 0.05) is 31.0 Å². The summed E-state index contributed by atoms with van der Waals surface area (Å²) in [5.74, 6) is -1.12. The topological polar surface area (TPSA) is 61.4 Å². The molecule has 2 aliphatic rings. The minimum Gasteiger partial charge on any atom is -0.372 e. The van der Waals surface area contributed by atoms with E-state index in [4.69, 9.17) is 0 Å². The number of hydrogen-bond donors (Lipinski definition) is 2. The zero-order chi connectivity index (χ0) is 19.5. The molecule has 2 amide bonds. The first-order chi connectivity index (χ1) is 13.6. The van der Waals surface area contributed by atoms with E-state index in [9.17, 15) is 14.0 Å². The molecule has 28 heavy (non-hydrogen) atoms. The molecule has 6 heteroatoms. The number of amides is 2. The lowest BCUT2D eigenvalue weighted by molar-refractivity contribution is -0.125. The average molecular weight is 381 g/mol. The first-order valence-electron chi connectivity index (χ1n) is 9.78. The number of rotatable bonds is 6. The van der Waals surface area contributed by atoms with E-state index in [1.807, 2.05) is 24.3 Å². The molecule has 2 N–H and O–H groups in total. The summed E-state index contributed by atoms with van der Waals surface area (Å²) in [6.45, 7) is 2.51. The number of nitrogens with one attached hydrogen (secondary N) is 2. The van der Waals surface area contributed by atoms with Crippen LogP contribution in [-0.2, 0) is 16.1 Å². The van der Waals surface area contributed by atoms with E-state index in [1.54, 1.807) is 12.1 Å². The van der Waals surface area contributed by atoms with Crippen LogP contribution in [0.2, 0.25) is 0 Å². The molecule has 5 nitrogen and oxygen atoms in total. The molecular formula is C22H24FN3O2. The van der Waals surface area contributed by atoms with Crippen molar-refractivity contribution >= 4 is 23.2 Å². The van der Waals surface area contributed by atoms with Crippen molar-refractivity contribution in [3.63, 3.8) is 0 Å². The number of hydrogen-bond acceptors (Lipinski definition) is 3. The predicted octanol–water partition coefficient (Wildman–Crippen LogP) is 3.32. The molecule has 4 rings (SSSR count). The second-order valence-corrected chi connectivity index (χ2v) is 7.52. The molecule has 1 saturated carbocycles. The first-order valence-corrected chi connectivity index (χ1v) is 9.78. The van der Waals surface area contributed by atoms with Gasteiger partial charge in [-0.3, -0.25) is 9.59 Å². The van der Waals surface area contributed by atoms with Crippen molar-refractivity contribution in [3.05, 3.63) is 59.9 Å². The molecule has 2 aromatic carbocycles. The highest BCUT2D eigenvalue weighted by atomic mass is 19.1. The van der Waals surface area contributed by atoms with E-state index in [1.165, 1.54) is 30.7 Å². The van der Waals surface area contributed by atoms with Crippen LogP contribution in [0, 0.1) is 17.7 Å². The molecule has 0 radical (unpaired) electrons. The van der Waals surface area contributed by atoms with Crippen molar-refractivity contribution in [2.45, 2.75) is 25.8 Å². The largest absolute Gasteiger partial charge is 0.372 e. The lowest BCUT2D eigenvalue weighted by Gasteiger charge is -2.17. The molecule has 0 spiro atoms. The fraction of sp³-hybridized carbons (Fsp3) is 0.364. The molecule has 0 aromatic heterocycles. The highest BCUT2D eigenvalue weighted by Gasteiger charge is 2.47. The molecular weight excluding hydrogens is 357 g/mol. The Morgan fingerprint density at radius 3 is 2.25 bits per heavy atom. The molecule has 2 unspecified atom stereocenters. The quantitative estimate of drug-likeness (QED) is 0.807. The summed E-state index contributed by atoms with van der Waals surface area (Å²) in [7, 11) is 0. The Hall–Kier alpha value is -2.89. The lowest BCUT2D eigenvalue weighted by atomic mass is 10.2. The van der Waals surface area contributed by atoms with Gasteiger partial charge in [-0.15, -0.1) is 0 Å². The molecule has 2 aromatic rings. The Balaban J connectivity index is 1.24. The predicted molar refractivity (Wildman–Crippen MR) is 106 cm³/mol. The Labute approximate surface area is 163 Å². The lowest BCUT2D eigenvalue weighted by Crippen LogP contribution is -2.27. The molecule has 1 heterocycles. The third-order valence-electron chi connectivity index (χ3n) is 5.45. The Morgan fingerprint density at radius 1 is 0.929 bits per heavy atom. The number of benzene rings is 2. The van der Waals surface area contributed by atoms with Crippen LogP contribution < -0.4 is 15.5 Å². The summed E-state index contributed by atoms with van der Waals surface area (Å²) in [6, 6.07) is 13.9. The van der Waals surface area contributed by atoms with E-state index >= 15 is 0 Å². The summed E-state index contributed by atoms with van der Waals surface area (Å²) in [6.07, 6.45) is 3.02. The van der Waals surface area contributed by atoms with Crippen LogP contribution in [0.1, 0.15) is 24.8 Å². The van der Waals surface area contributed by atoms with Gasteiger partial charge in [0.2, 0.25) is 11.8 Å². The Bertz CT molecular complexity index is 845. The van der Waals surface area contributed by atoms with Gasteiger partial charge in [-0.1, -0.05) is 12.1 Å². The highest BCUT2D eigenvalue weighted by molar-refractivity contribution is 5.99. The van der Waals surface area contributed by atoms with E-state index in [0.717, 1.165) is 24.3 Å². The van der Waals surface area contributed by atoms with Crippen molar-refractivity contribution in [3.8, 4) is 0 Å². The molecule has 2 fully saturated rings. The van der Waals surface area contributed by atoms with Gasteiger partial charge >= 0.3 is 0 Å². The minimum atomic E-state index is -0.303. The zero-order valence-electron chi connectivity index (χ0n) is 15.7. The highest BCUT2D eigenvalue weighted by Crippen LogP contribution is 2.39. The average Bonchev–Trinajstić information content (AvgIpc) is 3.33. The second-order valence-electron chi connectivity index (χ2n) is 7.52. The maximum Gasteiger partial charge on any atom is 0.228 e. The van der Waals surface area contributed by atoms with Gasteiger partial charge in [-0.25, -0.2) is 4.39 Å². The summed E-state index contributed by atoms with van der Waals surface area (Å²) in [4.78, 5) is 27.0. The van der Waals surface area contributed by atoms with Crippen LogP contribution in [-0.4, -0.2) is 24.9 Å². The minimum absolute atomic E-state index is 0.115. The monoisotopic (exact) mass is 381 g/mol.